The number of carbonyl (C=O) groups excluding carboxylic acids is 1. The van der Waals surface area contributed by atoms with Gasteiger partial charge in [0.05, 0.1) is 18.7 Å². The van der Waals surface area contributed by atoms with Gasteiger partial charge in [-0.15, -0.1) is 0 Å². The Morgan fingerprint density at radius 3 is 3.00 bits per heavy atom. The minimum Gasteiger partial charge on any atom is -0.370 e. The van der Waals surface area contributed by atoms with E-state index in [0.29, 0.717) is 25.4 Å². The molecule has 0 bridgehead atoms. The van der Waals surface area contributed by atoms with E-state index >= 15 is 0 Å². The largest absolute Gasteiger partial charge is 0.370 e. The van der Waals surface area contributed by atoms with Gasteiger partial charge in [0.15, 0.2) is 5.69 Å². The normalized spacial score (nSPS) is 18.0. The fourth-order valence-corrected chi connectivity index (χ4v) is 3.02. The van der Waals surface area contributed by atoms with Crippen molar-refractivity contribution in [3.63, 3.8) is 0 Å². The summed E-state index contributed by atoms with van der Waals surface area (Å²) in [4.78, 5) is 14.5. The molecular weight excluding hydrogens is 309 g/mol. The highest BCUT2D eigenvalue weighted by Gasteiger charge is 2.28. The molecule has 0 aliphatic carbocycles. The number of hydrogen-bond donors (Lipinski definition) is 1. The third-order valence-electron chi connectivity index (χ3n) is 4.25. The van der Waals surface area contributed by atoms with E-state index in [4.69, 9.17) is 4.74 Å². The summed E-state index contributed by atoms with van der Waals surface area (Å²) < 4.78 is 19.1. The molecule has 1 amide bonds. The van der Waals surface area contributed by atoms with Crippen molar-refractivity contribution in [1.29, 1.82) is 0 Å². The van der Waals surface area contributed by atoms with E-state index in [2.05, 4.69) is 10.2 Å². The van der Waals surface area contributed by atoms with Crippen molar-refractivity contribution < 1.29 is 13.9 Å². The molecule has 6 heteroatoms. The van der Waals surface area contributed by atoms with Crippen LogP contribution in [-0.2, 0) is 4.74 Å². The monoisotopic (exact) mass is 325 g/mol. The van der Waals surface area contributed by atoms with Gasteiger partial charge in [-0.1, -0.05) is 30.3 Å². The Morgan fingerprint density at radius 2 is 2.12 bits per heavy atom. The molecule has 0 spiro atoms. The van der Waals surface area contributed by atoms with E-state index in [1.807, 2.05) is 30.3 Å². The number of aromatic nitrogens is 2. The van der Waals surface area contributed by atoms with Gasteiger partial charge in [-0.3, -0.25) is 9.89 Å². The number of rotatable bonds is 2. The first-order valence-electron chi connectivity index (χ1n) is 7.82. The van der Waals surface area contributed by atoms with Crippen molar-refractivity contribution in [3.8, 4) is 0 Å². The summed E-state index contributed by atoms with van der Waals surface area (Å²) >= 11 is 0. The van der Waals surface area contributed by atoms with Crippen LogP contribution >= 0.6 is 0 Å². The maximum Gasteiger partial charge on any atom is 0.275 e. The van der Waals surface area contributed by atoms with E-state index < -0.39 is 0 Å². The summed E-state index contributed by atoms with van der Waals surface area (Å²) in [6.07, 6.45) is -0.330. The predicted molar refractivity (Wildman–Crippen MR) is 87.1 cm³/mol. The molecule has 1 aliphatic rings. The molecule has 1 aromatic heterocycles. The van der Waals surface area contributed by atoms with Crippen molar-refractivity contribution >= 4 is 16.8 Å². The summed E-state index contributed by atoms with van der Waals surface area (Å²) in [5.74, 6) is -0.449. The molecule has 1 atom stereocenters. The summed E-state index contributed by atoms with van der Waals surface area (Å²) in [6.45, 7) is 1.28. The number of para-hydroxylation sites is 1. The van der Waals surface area contributed by atoms with Gasteiger partial charge in [0.2, 0.25) is 0 Å². The van der Waals surface area contributed by atoms with Gasteiger partial charge in [0.1, 0.15) is 11.9 Å². The van der Waals surface area contributed by atoms with Crippen LogP contribution in [0.15, 0.2) is 48.5 Å². The molecule has 2 heterocycles. The van der Waals surface area contributed by atoms with Crippen molar-refractivity contribution in [2.75, 3.05) is 19.7 Å². The lowest BCUT2D eigenvalue weighted by Gasteiger charge is -2.32. The second kappa shape index (κ2) is 6.05. The van der Waals surface area contributed by atoms with Crippen LogP contribution in [0.3, 0.4) is 0 Å². The number of fused-ring (bicyclic) bond motifs is 1. The smallest absolute Gasteiger partial charge is 0.275 e. The number of aromatic amines is 1. The van der Waals surface area contributed by atoms with Crippen molar-refractivity contribution in [2.45, 2.75) is 6.10 Å². The van der Waals surface area contributed by atoms with E-state index in [9.17, 15) is 9.18 Å². The highest BCUT2D eigenvalue weighted by Crippen LogP contribution is 2.25. The van der Waals surface area contributed by atoms with Crippen LogP contribution in [0, 0.1) is 5.82 Å². The predicted octanol–water partition coefficient (Wildman–Crippen LogP) is 2.92. The minimum atomic E-state index is -0.330. The highest BCUT2D eigenvalue weighted by molar-refractivity contribution is 6.04. The molecule has 1 fully saturated rings. The van der Waals surface area contributed by atoms with Crippen LogP contribution in [0.4, 0.5) is 4.39 Å². The SMILES string of the molecule is O=C(c1n[nH]c2ccccc12)N1CCO[C@@H](c2cccc(F)c2)C1. The van der Waals surface area contributed by atoms with Crippen LogP contribution in [0.2, 0.25) is 0 Å². The first-order valence-corrected chi connectivity index (χ1v) is 7.82. The number of carbonyl (C=O) groups is 1. The van der Waals surface area contributed by atoms with E-state index in [-0.39, 0.29) is 17.8 Å². The fraction of sp³-hybridized carbons (Fsp3) is 0.222. The van der Waals surface area contributed by atoms with Gasteiger partial charge < -0.3 is 9.64 Å². The molecule has 122 valence electrons. The summed E-state index contributed by atoms with van der Waals surface area (Å²) in [7, 11) is 0. The van der Waals surface area contributed by atoms with Crippen molar-refractivity contribution in [3.05, 3.63) is 65.6 Å². The van der Waals surface area contributed by atoms with Crippen molar-refractivity contribution in [1.82, 2.24) is 15.1 Å². The molecule has 5 nitrogen and oxygen atoms in total. The molecule has 2 aromatic carbocycles. The molecular formula is C18H16FN3O2. The standard InChI is InChI=1S/C18H16FN3O2/c19-13-5-3-4-12(10-13)16-11-22(8-9-24-16)18(23)17-14-6-1-2-7-15(14)20-21-17/h1-7,10,16H,8-9,11H2,(H,20,21)/t16-/m1/s1. The zero-order chi connectivity index (χ0) is 16.5. The average molecular weight is 325 g/mol. The molecule has 0 unspecified atom stereocenters. The zero-order valence-corrected chi connectivity index (χ0v) is 12.9. The number of nitrogens with zero attached hydrogens (tertiary/aromatic N) is 2. The number of ether oxygens (including phenoxy) is 1. The minimum absolute atomic E-state index is 0.142. The third-order valence-corrected chi connectivity index (χ3v) is 4.25. The number of hydrogen-bond acceptors (Lipinski definition) is 3. The van der Waals surface area contributed by atoms with E-state index in [1.54, 1.807) is 11.0 Å². The Bertz CT molecular complexity index is 893. The molecule has 1 aliphatic heterocycles. The Hall–Kier alpha value is -2.73. The molecule has 4 rings (SSSR count). The number of amides is 1. The van der Waals surface area contributed by atoms with Crippen LogP contribution in [0.1, 0.15) is 22.2 Å². The van der Waals surface area contributed by atoms with Gasteiger partial charge in [-0.05, 0) is 23.8 Å². The Kier molecular flexibility index (Phi) is 3.74. The first kappa shape index (κ1) is 14.8. The molecule has 3 aromatic rings. The van der Waals surface area contributed by atoms with E-state index in [1.165, 1.54) is 12.1 Å². The van der Waals surface area contributed by atoms with Gasteiger partial charge in [-0.25, -0.2) is 4.39 Å². The first-order chi connectivity index (χ1) is 11.7. The van der Waals surface area contributed by atoms with Gasteiger partial charge in [-0.2, -0.15) is 5.10 Å². The van der Waals surface area contributed by atoms with Crippen LogP contribution in [0.25, 0.3) is 10.9 Å². The Morgan fingerprint density at radius 1 is 1.25 bits per heavy atom. The topological polar surface area (TPSA) is 58.2 Å². The van der Waals surface area contributed by atoms with Gasteiger partial charge in [0.25, 0.3) is 5.91 Å². The van der Waals surface area contributed by atoms with Crippen LogP contribution in [0.5, 0.6) is 0 Å². The lowest BCUT2D eigenvalue weighted by molar-refractivity contribution is -0.0230. The van der Waals surface area contributed by atoms with Crippen LogP contribution < -0.4 is 0 Å². The number of benzene rings is 2. The van der Waals surface area contributed by atoms with Crippen molar-refractivity contribution in [2.24, 2.45) is 0 Å². The fourth-order valence-electron chi connectivity index (χ4n) is 3.02. The third kappa shape index (κ3) is 2.65. The summed E-state index contributed by atoms with van der Waals surface area (Å²) in [5.41, 5.74) is 1.97. The second-order valence-corrected chi connectivity index (χ2v) is 5.78. The number of morpholine rings is 1. The highest BCUT2D eigenvalue weighted by atomic mass is 19.1. The maximum atomic E-state index is 13.4. The van der Waals surface area contributed by atoms with Gasteiger partial charge >= 0.3 is 0 Å². The molecule has 1 N–H and O–H groups in total. The molecule has 0 radical (unpaired) electrons. The maximum absolute atomic E-state index is 13.4. The Labute approximate surface area is 138 Å². The van der Waals surface area contributed by atoms with E-state index in [0.717, 1.165) is 16.5 Å². The quantitative estimate of drug-likeness (QED) is 0.788. The number of H-pyrrole nitrogens is 1. The van der Waals surface area contributed by atoms with Crippen LogP contribution in [-0.4, -0.2) is 40.7 Å². The lowest BCUT2D eigenvalue weighted by Crippen LogP contribution is -2.42. The van der Waals surface area contributed by atoms with Gasteiger partial charge in [0, 0.05) is 11.9 Å². The zero-order valence-electron chi connectivity index (χ0n) is 12.9. The Balaban J connectivity index is 1.58. The molecule has 1 saturated heterocycles. The number of nitrogens with one attached hydrogen (secondary N) is 1. The summed E-state index contributed by atoms with van der Waals surface area (Å²) in [6, 6.07) is 13.8. The number of halogens is 1. The molecule has 0 saturated carbocycles. The average Bonchev–Trinajstić information content (AvgIpc) is 3.05. The summed E-state index contributed by atoms with van der Waals surface area (Å²) in [5, 5.41) is 7.85. The second-order valence-electron chi connectivity index (χ2n) is 5.78. The lowest BCUT2D eigenvalue weighted by atomic mass is 10.1. The molecule has 24 heavy (non-hydrogen) atoms.